The van der Waals surface area contributed by atoms with Crippen molar-refractivity contribution >= 4 is 35.5 Å². The van der Waals surface area contributed by atoms with Crippen LogP contribution in [0.15, 0.2) is 54.7 Å². The molecule has 4 nitrogen and oxygen atoms in total. The number of allylic oxidation sites excluding steroid dienone is 2. The fraction of sp³-hybridized carbons (Fsp3) is 0.438. The standard InChI is InChI=1S/C30H36BN4.C2H6/c1-3-5-15-33(4-2)22-25-20-24(28-7-6-14-32-30(28)29(25)23-8-9-23)21-34-16-18-35(19-17-34)27-12-10-26(31)11-13-27;1-2/h6-14,20H,3-5,15-19,21-22H2,1-2H3;1-2H3. The van der Waals surface area contributed by atoms with Gasteiger partial charge in [-0.05, 0) is 54.4 Å². The molecule has 0 saturated carbocycles. The van der Waals surface area contributed by atoms with Crippen molar-refractivity contribution in [2.75, 3.05) is 44.2 Å². The topological polar surface area (TPSA) is 22.6 Å². The van der Waals surface area contributed by atoms with E-state index in [-0.39, 0.29) is 0 Å². The predicted molar refractivity (Wildman–Crippen MR) is 161 cm³/mol. The van der Waals surface area contributed by atoms with Gasteiger partial charge in [-0.1, -0.05) is 69.9 Å². The van der Waals surface area contributed by atoms with Crippen molar-refractivity contribution in [3.63, 3.8) is 0 Å². The molecule has 193 valence electrons. The summed E-state index contributed by atoms with van der Waals surface area (Å²) in [5.41, 5.74) is 8.76. The second-order valence-electron chi connectivity index (χ2n) is 9.84. The van der Waals surface area contributed by atoms with Crippen LogP contribution in [0.1, 0.15) is 57.2 Å². The number of hydrogen-bond acceptors (Lipinski definition) is 4. The summed E-state index contributed by atoms with van der Waals surface area (Å²) in [6.45, 7) is 16.9. The van der Waals surface area contributed by atoms with Crippen LogP contribution in [0.3, 0.4) is 0 Å². The van der Waals surface area contributed by atoms with Crippen LogP contribution in [0.5, 0.6) is 0 Å². The van der Waals surface area contributed by atoms with Crippen LogP contribution in [0.25, 0.3) is 16.5 Å². The smallest absolute Gasteiger partial charge is 0.113 e. The van der Waals surface area contributed by atoms with E-state index in [1.54, 1.807) is 0 Å². The highest BCUT2D eigenvalue weighted by molar-refractivity contribution is 6.32. The van der Waals surface area contributed by atoms with E-state index in [4.69, 9.17) is 12.8 Å². The number of anilines is 1. The lowest BCUT2D eigenvalue weighted by molar-refractivity contribution is 0.250. The molecule has 1 aliphatic carbocycles. The van der Waals surface area contributed by atoms with E-state index in [2.05, 4.69) is 71.4 Å². The molecule has 0 atom stereocenters. The van der Waals surface area contributed by atoms with Gasteiger partial charge in [0.1, 0.15) is 7.85 Å². The van der Waals surface area contributed by atoms with Gasteiger partial charge >= 0.3 is 0 Å². The zero-order chi connectivity index (χ0) is 26.2. The molecule has 0 bridgehead atoms. The molecule has 1 saturated heterocycles. The largest absolute Gasteiger partial charge is 0.369 e. The molecule has 0 amide bonds. The minimum Gasteiger partial charge on any atom is -0.369 e. The number of unbranched alkanes of at least 4 members (excludes halogenated alkanes) is 1. The summed E-state index contributed by atoms with van der Waals surface area (Å²) in [6, 6.07) is 15.1. The number of hydrogen-bond donors (Lipinski definition) is 0. The SMILES string of the molecule is CC.[B]c1ccc(N2CCN(Cc3cc(CN(CC)CCCC)c(C4=C[CH]4)c4ncccc34)CC2)cc1. The number of aromatic nitrogens is 1. The van der Waals surface area contributed by atoms with E-state index in [0.717, 1.165) is 63.3 Å². The third kappa shape index (κ3) is 6.83. The Kier molecular flexibility index (Phi) is 9.82. The summed E-state index contributed by atoms with van der Waals surface area (Å²) in [7, 11) is 5.88. The highest BCUT2D eigenvalue weighted by Crippen LogP contribution is 2.38. The number of nitrogens with zero attached hydrogens (tertiary/aromatic N) is 4. The Bertz CT molecular complexity index is 1180. The Hall–Kier alpha value is -2.63. The summed E-state index contributed by atoms with van der Waals surface area (Å²) in [4.78, 5) is 12.5. The average Bonchev–Trinajstić information content (AvgIpc) is 3.78. The van der Waals surface area contributed by atoms with Gasteiger partial charge in [0.15, 0.2) is 0 Å². The zero-order valence-electron chi connectivity index (χ0n) is 23.2. The van der Waals surface area contributed by atoms with Crippen molar-refractivity contribution in [1.82, 2.24) is 14.8 Å². The predicted octanol–water partition coefficient (Wildman–Crippen LogP) is 5.60. The molecule has 0 N–H and O–H groups in total. The molecule has 2 aliphatic rings. The average molecular weight is 494 g/mol. The van der Waals surface area contributed by atoms with Gasteiger partial charge in [-0.3, -0.25) is 14.8 Å². The normalized spacial score (nSPS) is 15.5. The van der Waals surface area contributed by atoms with Crippen LogP contribution in [-0.2, 0) is 13.1 Å². The van der Waals surface area contributed by atoms with Gasteiger partial charge < -0.3 is 4.90 Å². The van der Waals surface area contributed by atoms with E-state index in [1.807, 2.05) is 32.2 Å². The molecule has 1 aliphatic heterocycles. The first-order valence-corrected chi connectivity index (χ1v) is 14.2. The van der Waals surface area contributed by atoms with E-state index in [9.17, 15) is 0 Å². The third-order valence-electron chi connectivity index (χ3n) is 7.38. The van der Waals surface area contributed by atoms with Crippen molar-refractivity contribution in [1.29, 1.82) is 0 Å². The lowest BCUT2D eigenvalue weighted by Gasteiger charge is -2.36. The first-order chi connectivity index (χ1) is 18.2. The Morgan fingerprint density at radius 3 is 2.35 bits per heavy atom. The minimum atomic E-state index is 0.822. The van der Waals surface area contributed by atoms with Crippen LogP contribution in [0.4, 0.5) is 5.69 Å². The van der Waals surface area contributed by atoms with Crippen molar-refractivity contribution in [2.24, 2.45) is 0 Å². The molecule has 37 heavy (non-hydrogen) atoms. The van der Waals surface area contributed by atoms with Gasteiger partial charge in [-0.25, -0.2) is 0 Å². The van der Waals surface area contributed by atoms with E-state index >= 15 is 0 Å². The lowest BCUT2D eigenvalue weighted by Crippen LogP contribution is -2.46. The number of piperazine rings is 1. The molecular weight excluding hydrogens is 451 g/mol. The van der Waals surface area contributed by atoms with Gasteiger partial charge in [0.25, 0.3) is 0 Å². The molecule has 2 heterocycles. The van der Waals surface area contributed by atoms with Gasteiger partial charge in [0, 0.05) is 68.5 Å². The fourth-order valence-corrected chi connectivity index (χ4v) is 5.22. The van der Waals surface area contributed by atoms with Crippen LogP contribution >= 0.6 is 0 Å². The molecule has 0 unspecified atom stereocenters. The van der Waals surface area contributed by atoms with Crippen molar-refractivity contribution in [2.45, 2.75) is 53.6 Å². The molecule has 2 aromatic carbocycles. The lowest BCUT2D eigenvalue weighted by atomic mass is 9.95. The molecule has 5 rings (SSSR count). The van der Waals surface area contributed by atoms with Gasteiger partial charge in [-0.15, -0.1) is 0 Å². The third-order valence-corrected chi connectivity index (χ3v) is 7.38. The quantitative estimate of drug-likeness (QED) is 0.343. The van der Waals surface area contributed by atoms with Crippen molar-refractivity contribution in [3.8, 4) is 0 Å². The summed E-state index contributed by atoms with van der Waals surface area (Å²) >= 11 is 0. The minimum absolute atomic E-state index is 0.822. The van der Waals surface area contributed by atoms with Crippen LogP contribution < -0.4 is 10.4 Å². The molecule has 3 radical (unpaired) electrons. The summed E-state index contributed by atoms with van der Waals surface area (Å²) < 4.78 is 0. The monoisotopic (exact) mass is 493 g/mol. The second-order valence-corrected chi connectivity index (χ2v) is 9.84. The van der Waals surface area contributed by atoms with Gasteiger partial charge in [-0.2, -0.15) is 0 Å². The molecule has 0 spiro atoms. The Balaban J connectivity index is 0.00000156. The second kappa shape index (κ2) is 13.3. The first kappa shape index (κ1) is 27.4. The summed E-state index contributed by atoms with van der Waals surface area (Å²) in [5, 5.41) is 1.30. The number of fused-ring (bicyclic) bond motifs is 1. The van der Waals surface area contributed by atoms with E-state index in [0.29, 0.717) is 0 Å². The van der Waals surface area contributed by atoms with Crippen molar-refractivity contribution < 1.29 is 0 Å². The number of rotatable bonds is 10. The maximum absolute atomic E-state index is 5.88. The van der Waals surface area contributed by atoms with Crippen LogP contribution in [-0.4, -0.2) is 61.9 Å². The maximum Gasteiger partial charge on any atom is 0.113 e. The summed E-state index contributed by atoms with van der Waals surface area (Å²) in [5.74, 6) is 0. The zero-order valence-corrected chi connectivity index (χ0v) is 23.2. The Labute approximate surface area is 225 Å². The molecule has 1 fully saturated rings. The highest BCUT2D eigenvalue weighted by atomic mass is 15.3. The van der Waals surface area contributed by atoms with Crippen molar-refractivity contribution in [3.05, 3.63) is 77.8 Å². The number of benzene rings is 2. The number of pyridine rings is 1. The molecule has 5 heteroatoms. The van der Waals surface area contributed by atoms with Gasteiger partial charge in [0.2, 0.25) is 0 Å². The first-order valence-electron chi connectivity index (χ1n) is 14.2. The Morgan fingerprint density at radius 2 is 1.70 bits per heavy atom. The maximum atomic E-state index is 5.88. The van der Waals surface area contributed by atoms with Crippen LogP contribution in [0, 0.1) is 6.42 Å². The molecule has 3 aromatic rings. The molecule has 1 aromatic heterocycles. The Morgan fingerprint density at radius 1 is 0.973 bits per heavy atom. The van der Waals surface area contributed by atoms with Crippen LogP contribution in [0.2, 0.25) is 0 Å². The van der Waals surface area contributed by atoms with E-state index < -0.39 is 0 Å². The summed E-state index contributed by atoms with van der Waals surface area (Å²) in [6.07, 6.45) is 8.88. The van der Waals surface area contributed by atoms with Gasteiger partial charge in [0.05, 0.1) is 5.52 Å². The van der Waals surface area contributed by atoms with E-state index in [1.165, 1.54) is 46.2 Å². The fourth-order valence-electron chi connectivity index (χ4n) is 5.22. The molecular formula is C32H42BN4. The highest BCUT2D eigenvalue weighted by Gasteiger charge is 2.24.